The van der Waals surface area contributed by atoms with Crippen molar-refractivity contribution < 1.29 is 18.7 Å². The first-order valence-corrected chi connectivity index (χ1v) is 12.9. The van der Waals surface area contributed by atoms with Crippen molar-refractivity contribution in [3.8, 4) is 0 Å². The summed E-state index contributed by atoms with van der Waals surface area (Å²) in [7, 11) is 0. The summed E-state index contributed by atoms with van der Waals surface area (Å²) in [5, 5.41) is 0. The van der Waals surface area contributed by atoms with Gasteiger partial charge in [0.05, 0.1) is 10.8 Å². The highest BCUT2D eigenvalue weighted by atomic mass is 19.1. The van der Waals surface area contributed by atoms with E-state index in [1.807, 2.05) is 4.90 Å². The van der Waals surface area contributed by atoms with E-state index in [2.05, 4.69) is 4.90 Å². The topological polar surface area (TPSA) is 49.9 Å². The van der Waals surface area contributed by atoms with Crippen molar-refractivity contribution in [1.29, 1.82) is 0 Å². The Hall–Kier alpha value is -1.95. The second-order valence-corrected chi connectivity index (χ2v) is 11.5. The molecular weight excluding hydrogens is 419 g/mol. The van der Waals surface area contributed by atoms with Gasteiger partial charge in [-0.05, 0) is 86.8 Å². The summed E-state index contributed by atoms with van der Waals surface area (Å²) in [4.78, 5) is 31.6. The minimum atomic E-state index is -0.655. The monoisotopic (exact) mass is 454 g/mol. The van der Waals surface area contributed by atoms with Crippen LogP contribution in [0.3, 0.4) is 0 Å². The van der Waals surface area contributed by atoms with Crippen LogP contribution < -0.4 is 0 Å². The van der Waals surface area contributed by atoms with Gasteiger partial charge >= 0.3 is 0 Å². The zero-order valence-electron chi connectivity index (χ0n) is 19.4. The quantitative estimate of drug-likeness (QED) is 0.699. The second-order valence-electron chi connectivity index (χ2n) is 11.5. The molecule has 2 heterocycles. The molecule has 6 heteroatoms. The highest BCUT2D eigenvalue weighted by Gasteiger charge is 2.56. The molecule has 33 heavy (non-hydrogen) atoms. The van der Waals surface area contributed by atoms with Crippen LogP contribution in [0.2, 0.25) is 0 Å². The number of piperazine rings is 1. The Balaban J connectivity index is 1.15. The Kier molecular flexibility index (Phi) is 5.28. The molecule has 4 saturated carbocycles. The molecule has 0 unspecified atom stereocenters. The molecule has 7 rings (SSSR count). The van der Waals surface area contributed by atoms with Gasteiger partial charge in [0.25, 0.3) is 0 Å². The molecule has 5 nitrogen and oxygen atoms in total. The second kappa shape index (κ2) is 8.07. The highest BCUT2D eigenvalue weighted by Crippen LogP contribution is 2.60. The van der Waals surface area contributed by atoms with Crippen LogP contribution in [0.1, 0.15) is 56.9 Å². The fourth-order valence-corrected chi connectivity index (χ4v) is 8.24. The third-order valence-corrected chi connectivity index (χ3v) is 9.50. The molecule has 1 aromatic carbocycles. The third-order valence-electron chi connectivity index (χ3n) is 9.50. The molecule has 0 spiro atoms. The number of benzene rings is 1. The fourth-order valence-electron chi connectivity index (χ4n) is 8.24. The lowest BCUT2D eigenvalue weighted by Crippen LogP contribution is -2.60. The first-order chi connectivity index (χ1) is 16.0. The summed E-state index contributed by atoms with van der Waals surface area (Å²) in [6, 6.07) is 6.40. The molecule has 4 aliphatic carbocycles. The van der Waals surface area contributed by atoms with Gasteiger partial charge in [-0.3, -0.25) is 9.59 Å². The van der Waals surface area contributed by atoms with Gasteiger partial charge in [-0.2, -0.15) is 0 Å². The van der Waals surface area contributed by atoms with Gasteiger partial charge in [-0.15, -0.1) is 0 Å². The maximum Gasteiger partial charge on any atom is 0.233 e. The Labute approximate surface area is 195 Å². The molecule has 2 aliphatic heterocycles. The molecule has 178 valence electrons. The van der Waals surface area contributed by atoms with Crippen LogP contribution in [0.4, 0.5) is 4.39 Å². The van der Waals surface area contributed by atoms with Crippen LogP contribution in [0.15, 0.2) is 24.3 Å². The summed E-state index contributed by atoms with van der Waals surface area (Å²) >= 11 is 0. The first-order valence-electron chi connectivity index (χ1n) is 12.9. The van der Waals surface area contributed by atoms with Crippen molar-refractivity contribution in [3.05, 3.63) is 35.6 Å². The van der Waals surface area contributed by atoms with Gasteiger partial charge in [0.2, 0.25) is 11.8 Å². The highest BCUT2D eigenvalue weighted by molar-refractivity contribution is 5.89. The molecule has 0 radical (unpaired) electrons. The number of amides is 2. The SMILES string of the molecule is O=C(N1CCN(C(=O)C2(c3ccc(F)cc3)CCOCC2)CC1)C12CC3CC(CC(C3)C1)C2. The summed E-state index contributed by atoms with van der Waals surface area (Å²) in [6.45, 7) is 3.49. The summed E-state index contributed by atoms with van der Waals surface area (Å²) in [5.74, 6) is 2.46. The Bertz CT molecular complexity index is 881. The van der Waals surface area contributed by atoms with Crippen molar-refractivity contribution in [2.45, 2.75) is 56.8 Å². The van der Waals surface area contributed by atoms with Gasteiger partial charge in [-0.25, -0.2) is 4.39 Å². The number of ether oxygens (including phenoxy) is 1. The third kappa shape index (κ3) is 3.60. The standard InChI is InChI=1S/C27H35FN2O3/c28-23-3-1-22(2-4-23)27(5-11-33-12-6-27)25(32)30-9-7-29(8-10-30)24(31)26-16-19-13-20(17-26)15-21(14-19)18-26/h1-4,19-21H,5-18H2. The Morgan fingerprint density at radius 1 is 0.788 bits per heavy atom. The number of carbonyl (C=O) groups excluding carboxylic acids is 2. The normalized spacial score (nSPS) is 35.0. The molecule has 2 amide bonds. The average Bonchev–Trinajstić information content (AvgIpc) is 2.83. The van der Waals surface area contributed by atoms with Crippen molar-refractivity contribution >= 4 is 11.8 Å². The molecule has 0 N–H and O–H groups in total. The summed E-state index contributed by atoms with van der Waals surface area (Å²) < 4.78 is 19.1. The zero-order valence-corrected chi connectivity index (χ0v) is 19.4. The lowest BCUT2D eigenvalue weighted by atomic mass is 9.49. The van der Waals surface area contributed by atoms with Crippen LogP contribution >= 0.6 is 0 Å². The minimum Gasteiger partial charge on any atom is -0.381 e. The zero-order chi connectivity index (χ0) is 22.6. The van der Waals surface area contributed by atoms with Gasteiger partial charge < -0.3 is 14.5 Å². The molecule has 4 bridgehead atoms. The maximum absolute atomic E-state index is 13.8. The van der Waals surface area contributed by atoms with E-state index in [0.717, 1.165) is 42.6 Å². The first kappa shape index (κ1) is 21.6. The van der Waals surface area contributed by atoms with E-state index in [9.17, 15) is 14.0 Å². The van der Waals surface area contributed by atoms with E-state index in [1.165, 1.54) is 31.4 Å². The van der Waals surface area contributed by atoms with E-state index in [-0.39, 0.29) is 17.1 Å². The van der Waals surface area contributed by atoms with Crippen molar-refractivity contribution in [1.82, 2.24) is 9.80 Å². The number of hydrogen-bond acceptors (Lipinski definition) is 3. The van der Waals surface area contributed by atoms with Crippen molar-refractivity contribution in [3.63, 3.8) is 0 Å². The van der Waals surface area contributed by atoms with E-state index in [0.29, 0.717) is 58.1 Å². The Morgan fingerprint density at radius 3 is 1.79 bits per heavy atom. The van der Waals surface area contributed by atoms with Gasteiger partial charge in [0, 0.05) is 39.4 Å². The predicted octanol–water partition coefficient (Wildman–Crippen LogP) is 3.76. The number of hydrogen-bond donors (Lipinski definition) is 0. The number of halogens is 1. The lowest BCUT2D eigenvalue weighted by Gasteiger charge is -2.57. The van der Waals surface area contributed by atoms with E-state index >= 15 is 0 Å². The molecule has 0 aromatic heterocycles. The van der Waals surface area contributed by atoms with E-state index < -0.39 is 5.41 Å². The maximum atomic E-state index is 13.8. The van der Waals surface area contributed by atoms with Crippen LogP contribution in [0, 0.1) is 29.0 Å². The molecule has 0 atom stereocenters. The van der Waals surface area contributed by atoms with Gasteiger partial charge in [-0.1, -0.05) is 12.1 Å². The van der Waals surface area contributed by atoms with Crippen molar-refractivity contribution in [2.75, 3.05) is 39.4 Å². The Morgan fingerprint density at radius 2 is 1.27 bits per heavy atom. The van der Waals surface area contributed by atoms with E-state index in [1.54, 1.807) is 12.1 Å². The van der Waals surface area contributed by atoms with Crippen LogP contribution in [-0.4, -0.2) is 61.0 Å². The molecule has 1 aromatic rings. The predicted molar refractivity (Wildman–Crippen MR) is 122 cm³/mol. The number of rotatable bonds is 3. The summed E-state index contributed by atoms with van der Waals surface area (Å²) in [6.07, 6.45) is 8.51. The fraction of sp³-hybridized carbons (Fsp3) is 0.704. The average molecular weight is 455 g/mol. The number of carbonyl (C=O) groups is 2. The smallest absolute Gasteiger partial charge is 0.233 e. The van der Waals surface area contributed by atoms with Crippen molar-refractivity contribution in [2.24, 2.45) is 23.2 Å². The van der Waals surface area contributed by atoms with Crippen LogP contribution in [0.5, 0.6) is 0 Å². The molecular formula is C27H35FN2O3. The minimum absolute atomic E-state index is 0.110. The molecule has 2 saturated heterocycles. The van der Waals surface area contributed by atoms with Gasteiger partial charge in [0.1, 0.15) is 5.82 Å². The molecule has 6 aliphatic rings. The summed E-state index contributed by atoms with van der Waals surface area (Å²) in [5.41, 5.74) is 0.110. The van der Waals surface area contributed by atoms with E-state index in [4.69, 9.17) is 4.74 Å². The number of nitrogens with zero attached hydrogens (tertiary/aromatic N) is 2. The van der Waals surface area contributed by atoms with Crippen LogP contribution in [0.25, 0.3) is 0 Å². The van der Waals surface area contributed by atoms with Gasteiger partial charge in [0.15, 0.2) is 0 Å². The molecule has 6 fully saturated rings. The largest absolute Gasteiger partial charge is 0.381 e. The lowest BCUT2D eigenvalue weighted by molar-refractivity contribution is -0.161. The van der Waals surface area contributed by atoms with Crippen LogP contribution in [-0.2, 0) is 19.7 Å².